The Morgan fingerprint density at radius 1 is 1.36 bits per heavy atom. The number of hydrogen-bond acceptors (Lipinski definition) is 3. The van der Waals surface area contributed by atoms with Crippen LogP contribution in [0.3, 0.4) is 0 Å². The minimum atomic E-state index is -3.32. The minimum Gasteiger partial charge on any atom is -0.508 e. The van der Waals surface area contributed by atoms with Gasteiger partial charge in [0.25, 0.3) is 0 Å². The Hall–Kier alpha value is -1.00. The van der Waals surface area contributed by atoms with Crippen molar-refractivity contribution in [1.29, 1.82) is 0 Å². The van der Waals surface area contributed by atoms with Crippen molar-refractivity contribution >= 4 is 19.7 Å². The molecule has 0 atom stereocenters. The minimum absolute atomic E-state index is 0.158. The Morgan fingerprint density at radius 3 is 2.00 bits per heavy atom. The molecule has 3 nitrogen and oxygen atoms in total. The zero-order valence-corrected chi connectivity index (χ0v) is 9.00. The van der Waals surface area contributed by atoms with Gasteiger partial charge in [-0.25, -0.2) is 8.42 Å². The molecular weight excluding hydrogens is 224 g/mol. The van der Waals surface area contributed by atoms with Crippen LogP contribution in [0, 0.1) is 0 Å². The molecule has 78 valence electrons. The summed E-state index contributed by atoms with van der Waals surface area (Å²) in [5.74, 6) is 0.164. The predicted octanol–water partition coefficient (Wildman–Crippen LogP) is 2.13. The third kappa shape index (κ3) is 9.09. The number of phenolic OH excluding ortho intramolecular Hbond substituents is 1. The summed E-state index contributed by atoms with van der Waals surface area (Å²) < 4.78 is 19.9. The van der Waals surface area contributed by atoms with E-state index in [0.29, 0.717) is 5.75 Å². The molecule has 1 N–H and O–H groups in total. The topological polar surface area (TPSA) is 54.4 Å². The zero-order chi connectivity index (χ0) is 11.0. The maximum absolute atomic E-state index is 9.93. The summed E-state index contributed by atoms with van der Waals surface area (Å²) >= 11 is 0. The van der Waals surface area contributed by atoms with Crippen LogP contribution < -0.4 is 0 Å². The Bertz CT molecular complexity index is 359. The maximum Gasteiger partial charge on any atom is 0.236 e. The summed E-state index contributed by atoms with van der Waals surface area (Å²) in [4.78, 5) is 0. The highest BCUT2D eigenvalue weighted by Crippen LogP contribution is 2.02. The van der Waals surface area contributed by atoms with E-state index in [1.807, 2.05) is 6.07 Å². The van der Waals surface area contributed by atoms with Crippen molar-refractivity contribution in [1.82, 2.24) is 0 Å². The number of halogens is 1. The summed E-state index contributed by atoms with van der Waals surface area (Å²) in [6.45, 7) is 3.18. The molecule has 0 aliphatic rings. The fourth-order valence-corrected chi connectivity index (χ4v) is 1.12. The van der Waals surface area contributed by atoms with Gasteiger partial charge in [-0.05, 0) is 12.1 Å². The van der Waals surface area contributed by atoms with E-state index >= 15 is 0 Å². The summed E-state index contributed by atoms with van der Waals surface area (Å²) in [6, 6.07) is 8.71. The molecule has 1 rings (SSSR count). The van der Waals surface area contributed by atoms with Crippen LogP contribution in [0.15, 0.2) is 43.0 Å². The molecule has 0 bridgehead atoms. The van der Waals surface area contributed by atoms with Gasteiger partial charge < -0.3 is 5.11 Å². The normalized spacial score (nSPS) is 9.79. The zero-order valence-electron chi connectivity index (χ0n) is 7.43. The number of phenols is 1. The molecule has 0 radical (unpaired) electrons. The van der Waals surface area contributed by atoms with Crippen LogP contribution in [0.2, 0.25) is 0 Å². The van der Waals surface area contributed by atoms with Crippen LogP contribution in [0.1, 0.15) is 0 Å². The van der Waals surface area contributed by atoms with Crippen molar-refractivity contribution < 1.29 is 13.5 Å². The van der Waals surface area contributed by atoms with E-state index in [2.05, 4.69) is 6.58 Å². The van der Waals surface area contributed by atoms with E-state index in [4.69, 9.17) is 15.8 Å². The number of aromatic hydroxyl groups is 1. The molecule has 1 aromatic rings. The smallest absolute Gasteiger partial charge is 0.236 e. The predicted molar refractivity (Wildman–Crippen MR) is 57.9 cm³/mol. The second-order valence-electron chi connectivity index (χ2n) is 2.33. The van der Waals surface area contributed by atoms with Gasteiger partial charge in [-0.1, -0.05) is 24.3 Å². The van der Waals surface area contributed by atoms with Gasteiger partial charge in [-0.15, -0.1) is 6.58 Å². The highest BCUT2D eigenvalue weighted by Gasteiger charge is 1.97. The molecule has 0 amide bonds. The van der Waals surface area contributed by atoms with Crippen molar-refractivity contribution in [2.45, 2.75) is 0 Å². The Kier molecular flexibility index (Phi) is 5.99. The van der Waals surface area contributed by atoms with Crippen molar-refractivity contribution in [3.63, 3.8) is 0 Å². The number of para-hydroxylation sites is 1. The molecular formula is C9H11ClO3S. The van der Waals surface area contributed by atoms with Crippen LogP contribution in [0.4, 0.5) is 0 Å². The lowest BCUT2D eigenvalue weighted by molar-refractivity contribution is 0.475. The summed E-state index contributed by atoms with van der Waals surface area (Å²) in [6.07, 6.45) is 1.24. The molecule has 0 aliphatic heterocycles. The van der Waals surface area contributed by atoms with E-state index in [0.717, 1.165) is 0 Å². The van der Waals surface area contributed by atoms with Gasteiger partial charge in [0, 0.05) is 10.7 Å². The van der Waals surface area contributed by atoms with Gasteiger partial charge in [0.2, 0.25) is 9.05 Å². The van der Waals surface area contributed by atoms with Gasteiger partial charge in [0.05, 0.1) is 5.75 Å². The third-order valence-electron chi connectivity index (χ3n) is 1.07. The third-order valence-corrected chi connectivity index (χ3v) is 2.08. The summed E-state index contributed by atoms with van der Waals surface area (Å²) in [5.41, 5.74) is 0. The van der Waals surface area contributed by atoms with Crippen molar-refractivity contribution in [2.75, 3.05) is 5.75 Å². The van der Waals surface area contributed by atoms with E-state index in [-0.39, 0.29) is 5.75 Å². The lowest BCUT2D eigenvalue weighted by Crippen LogP contribution is -1.90. The first-order valence-corrected chi connectivity index (χ1v) is 6.21. The second kappa shape index (κ2) is 6.45. The van der Waals surface area contributed by atoms with Gasteiger partial charge in [-0.2, -0.15) is 0 Å². The Balaban J connectivity index is 0.000000241. The fraction of sp³-hybridized carbons (Fsp3) is 0.111. The molecule has 14 heavy (non-hydrogen) atoms. The molecule has 0 aliphatic carbocycles. The average Bonchev–Trinajstić information content (AvgIpc) is 2.04. The Morgan fingerprint density at radius 2 is 1.86 bits per heavy atom. The van der Waals surface area contributed by atoms with Crippen molar-refractivity contribution in [3.05, 3.63) is 43.0 Å². The average molecular weight is 235 g/mol. The van der Waals surface area contributed by atoms with Gasteiger partial charge >= 0.3 is 0 Å². The first-order valence-electron chi connectivity index (χ1n) is 3.73. The van der Waals surface area contributed by atoms with E-state index in [9.17, 15) is 8.42 Å². The molecule has 0 spiro atoms. The first kappa shape index (κ1) is 13.0. The van der Waals surface area contributed by atoms with Crippen LogP contribution in [-0.2, 0) is 9.05 Å². The number of benzene rings is 1. The van der Waals surface area contributed by atoms with Crippen LogP contribution in [-0.4, -0.2) is 19.3 Å². The van der Waals surface area contributed by atoms with Crippen LogP contribution in [0.25, 0.3) is 0 Å². The molecule has 0 heterocycles. The molecule has 0 saturated heterocycles. The number of hydrogen-bond donors (Lipinski definition) is 1. The van der Waals surface area contributed by atoms with Crippen LogP contribution >= 0.6 is 10.7 Å². The van der Waals surface area contributed by atoms with E-state index in [1.54, 1.807) is 24.3 Å². The van der Waals surface area contributed by atoms with Gasteiger partial charge in [0.1, 0.15) is 5.75 Å². The standard InChI is InChI=1S/C6H6O.C3H5ClO2S/c7-6-4-2-1-3-5-6;1-2-3-7(4,5)6/h1-5,7H;2H,1,3H2. The molecule has 0 saturated carbocycles. The molecule has 5 heteroatoms. The summed E-state index contributed by atoms with van der Waals surface area (Å²) in [5, 5.41) is 8.63. The highest BCUT2D eigenvalue weighted by molar-refractivity contribution is 8.13. The van der Waals surface area contributed by atoms with Gasteiger partial charge in [0.15, 0.2) is 0 Å². The highest BCUT2D eigenvalue weighted by atomic mass is 35.7. The lowest BCUT2D eigenvalue weighted by atomic mass is 10.3. The molecule has 0 fully saturated rings. The van der Waals surface area contributed by atoms with Gasteiger partial charge in [-0.3, -0.25) is 0 Å². The van der Waals surface area contributed by atoms with Crippen molar-refractivity contribution in [2.24, 2.45) is 0 Å². The quantitative estimate of drug-likeness (QED) is 0.630. The van der Waals surface area contributed by atoms with E-state index < -0.39 is 9.05 Å². The monoisotopic (exact) mass is 234 g/mol. The van der Waals surface area contributed by atoms with Crippen LogP contribution in [0.5, 0.6) is 5.75 Å². The molecule has 0 unspecified atom stereocenters. The SMILES string of the molecule is C=CCS(=O)(=O)Cl.Oc1ccccc1. The molecule has 0 aromatic heterocycles. The first-order chi connectivity index (χ1) is 6.45. The van der Waals surface area contributed by atoms with E-state index in [1.165, 1.54) is 6.08 Å². The largest absolute Gasteiger partial charge is 0.508 e. The Labute approximate surface area is 88.1 Å². The number of rotatable bonds is 2. The fourth-order valence-electron chi connectivity index (χ4n) is 0.569. The maximum atomic E-state index is 9.93. The summed E-state index contributed by atoms with van der Waals surface area (Å²) in [7, 11) is 1.41. The molecule has 1 aromatic carbocycles. The van der Waals surface area contributed by atoms with Crippen molar-refractivity contribution in [3.8, 4) is 5.75 Å². The second-order valence-corrected chi connectivity index (χ2v) is 5.15. The lowest BCUT2D eigenvalue weighted by Gasteiger charge is -1.82.